The summed E-state index contributed by atoms with van der Waals surface area (Å²) in [5.74, 6) is -0.0382. The molecule has 2 heterocycles. The SMILES string of the molecule is CC(C)(C)OC(=O)C1CNCC1c1ccncc1. The minimum absolute atomic E-state index is 0.105. The fourth-order valence-corrected chi connectivity index (χ4v) is 2.26. The van der Waals surface area contributed by atoms with Gasteiger partial charge in [0, 0.05) is 31.4 Å². The van der Waals surface area contributed by atoms with Crippen molar-refractivity contribution in [1.29, 1.82) is 0 Å². The summed E-state index contributed by atoms with van der Waals surface area (Å²) in [6.45, 7) is 7.19. The second-order valence-corrected chi connectivity index (χ2v) is 5.69. The number of esters is 1. The molecule has 4 nitrogen and oxygen atoms in total. The largest absolute Gasteiger partial charge is 0.460 e. The van der Waals surface area contributed by atoms with E-state index in [0.29, 0.717) is 6.54 Å². The third-order valence-corrected chi connectivity index (χ3v) is 3.06. The van der Waals surface area contributed by atoms with E-state index in [-0.39, 0.29) is 17.8 Å². The van der Waals surface area contributed by atoms with Crippen molar-refractivity contribution >= 4 is 5.97 Å². The molecule has 2 atom stereocenters. The molecule has 0 spiro atoms. The number of aromatic nitrogens is 1. The summed E-state index contributed by atoms with van der Waals surface area (Å²) >= 11 is 0. The molecule has 1 aromatic rings. The molecular weight excluding hydrogens is 228 g/mol. The summed E-state index contributed by atoms with van der Waals surface area (Å²) in [6, 6.07) is 3.93. The molecule has 1 fully saturated rings. The molecule has 1 aromatic heterocycles. The van der Waals surface area contributed by atoms with Gasteiger partial charge in [0.25, 0.3) is 0 Å². The third kappa shape index (κ3) is 3.07. The predicted octanol–water partition coefficient (Wildman–Crippen LogP) is 1.73. The van der Waals surface area contributed by atoms with E-state index < -0.39 is 5.60 Å². The first-order valence-electron chi connectivity index (χ1n) is 6.31. The molecule has 1 N–H and O–H groups in total. The number of carbonyl (C=O) groups is 1. The van der Waals surface area contributed by atoms with Crippen LogP contribution in [0.3, 0.4) is 0 Å². The number of pyridine rings is 1. The molecule has 18 heavy (non-hydrogen) atoms. The zero-order valence-corrected chi connectivity index (χ0v) is 11.1. The average Bonchev–Trinajstić information content (AvgIpc) is 2.76. The Morgan fingerprint density at radius 1 is 1.33 bits per heavy atom. The molecule has 98 valence electrons. The van der Waals surface area contributed by atoms with Gasteiger partial charge in [-0.3, -0.25) is 9.78 Å². The number of hydrogen-bond donors (Lipinski definition) is 1. The fraction of sp³-hybridized carbons (Fsp3) is 0.571. The molecule has 0 bridgehead atoms. The molecule has 1 saturated heterocycles. The average molecular weight is 248 g/mol. The maximum atomic E-state index is 12.2. The van der Waals surface area contributed by atoms with Crippen LogP contribution < -0.4 is 5.32 Å². The van der Waals surface area contributed by atoms with Crippen LogP contribution in [0, 0.1) is 5.92 Å². The Labute approximate surface area is 108 Å². The summed E-state index contributed by atoms with van der Waals surface area (Å²) in [7, 11) is 0. The van der Waals surface area contributed by atoms with E-state index in [1.54, 1.807) is 12.4 Å². The minimum atomic E-state index is -0.428. The van der Waals surface area contributed by atoms with E-state index in [4.69, 9.17) is 4.74 Å². The topological polar surface area (TPSA) is 51.2 Å². The maximum Gasteiger partial charge on any atom is 0.311 e. The van der Waals surface area contributed by atoms with Gasteiger partial charge in [-0.1, -0.05) is 0 Å². The van der Waals surface area contributed by atoms with Crippen LogP contribution in [0.1, 0.15) is 32.3 Å². The Hall–Kier alpha value is -1.42. The monoisotopic (exact) mass is 248 g/mol. The number of rotatable bonds is 2. The molecule has 2 unspecified atom stereocenters. The van der Waals surface area contributed by atoms with Crippen molar-refractivity contribution in [2.24, 2.45) is 5.92 Å². The van der Waals surface area contributed by atoms with Crippen molar-refractivity contribution in [3.8, 4) is 0 Å². The molecule has 0 saturated carbocycles. The van der Waals surface area contributed by atoms with Crippen LogP contribution in [0.2, 0.25) is 0 Å². The van der Waals surface area contributed by atoms with Crippen LogP contribution in [0.15, 0.2) is 24.5 Å². The van der Waals surface area contributed by atoms with Gasteiger partial charge >= 0.3 is 5.97 Å². The van der Waals surface area contributed by atoms with Gasteiger partial charge in [-0.25, -0.2) is 0 Å². The minimum Gasteiger partial charge on any atom is -0.460 e. The number of hydrogen-bond acceptors (Lipinski definition) is 4. The van der Waals surface area contributed by atoms with E-state index in [0.717, 1.165) is 12.1 Å². The highest BCUT2D eigenvalue weighted by atomic mass is 16.6. The van der Waals surface area contributed by atoms with Crippen LogP contribution in [-0.2, 0) is 9.53 Å². The van der Waals surface area contributed by atoms with Gasteiger partial charge in [0.2, 0.25) is 0 Å². The van der Waals surface area contributed by atoms with Crippen molar-refractivity contribution in [2.45, 2.75) is 32.3 Å². The lowest BCUT2D eigenvalue weighted by Gasteiger charge is -2.24. The van der Waals surface area contributed by atoms with Crippen LogP contribution in [0.5, 0.6) is 0 Å². The summed E-state index contributed by atoms with van der Waals surface area (Å²) in [6.07, 6.45) is 3.53. The molecular formula is C14H20N2O2. The van der Waals surface area contributed by atoms with Crippen LogP contribution in [0.25, 0.3) is 0 Å². The number of ether oxygens (including phenoxy) is 1. The molecule has 4 heteroatoms. The molecule has 0 amide bonds. The van der Waals surface area contributed by atoms with E-state index in [1.807, 2.05) is 32.9 Å². The van der Waals surface area contributed by atoms with Crippen LogP contribution in [0.4, 0.5) is 0 Å². The van der Waals surface area contributed by atoms with Gasteiger partial charge in [0.05, 0.1) is 5.92 Å². The van der Waals surface area contributed by atoms with Crippen molar-refractivity contribution in [3.63, 3.8) is 0 Å². The number of nitrogens with zero attached hydrogens (tertiary/aromatic N) is 1. The van der Waals surface area contributed by atoms with Crippen molar-refractivity contribution in [2.75, 3.05) is 13.1 Å². The maximum absolute atomic E-state index is 12.2. The van der Waals surface area contributed by atoms with Crippen molar-refractivity contribution in [1.82, 2.24) is 10.3 Å². The molecule has 2 rings (SSSR count). The summed E-state index contributed by atoms with van der Waals surface area (Å²) in [4.78, 5) is 16.2. The Morgan fingerprint density at radius 3 is 2.61 bits per heavy atom. The van der Waals surface area contributed by atoms with Crippen LogP contribution in [-0.4, -0.2) is 29.6 Å². The van der Waals surface area contributed by atoms with Gasteiger partial charge < -0.3 is 10.1 Å². The second kappa shape index (κ2) is 5.06. The molecule has 0 aliphatic carbocycles. The number of carbonyl (C=O) groups excluding carboxylic acids is 1. The lowest BCUT2D eigenvalue weighted by Crippen LogP contribution is -2.31. The Balaban J connectivity index is 2.11. The summed E-state index contributed by atoms with van der Waals surface area (Å²) in [5.41, 5.74) is 0.716. The van der Waals surface area contributed by atoms with Crippen LogP contribution >= 0.6 is 0 Å². The van der Waals surface area contributed by atoms with Gasteiger partial charge in [-0.2, -0.15) is 0 Å². The second-order valence-electron chi connectivity index (χ2n) is 5.69. The molecule has 1 aliphatic heterocycles. The van der Waals surface area contributed by atoms with Gasteiger partial charge in [0.1, 0.15) is 5.60 Å². The standard InChI is InChI=1S/C14H20N2O2/c1-14(2,3)18-13(17)12-9-16-8-11(12)10-4-6-15-7-5-10/h4-7,11-12,16H,8-9H2,1-3H3. The zero-order valence-electron chi connectivity index (χ0n) is 11.1. The fourth-order valence-electron chi connectivity index (χ4n) is 2.26. The van der Waals surface area contributed by atoms with Gasteiger partial charge in [-0.05, 0) is 38.5 Å². The highest BCUT2D eigenvalue weighted by Crippen LogP contribution is 2.29. The smallest absolute Gasteiger partial charge is 0.311 e. The first kappa shape index (κ1) is 13.0. The summed E-state index contributed by atoms with van der Waals surface area (Å²) in [5, 5.41) is 3.27. The quantitative estimate of drug-likeness (QED) is 0.810. The lowest BCUT2D eigenvalue weighted by molar-refractivity contribution is -0.159. The van der Waals surface area contributed by atoms with Gasteiger partial charge in [0.15, 0.2) is 0 Å². The van der Waals surface area contributed by atoms with E-state index in [2.05, 4.69) is 10.3 Å². The molecule has 0 radical (unpaired) electrons. The van der Waals surface area contributed by atoms with E-state index >= 15 is 0 Å². The summed E-state index contributed by atoms with van der Waals surface area (Å²) < 4.78 is 5.48. The highest BCUT2D eigenvalue weighted by Gasteiger charge is 2.36. The normalized spacial score (nSPS) is 23.9. The van der Waals surface area contributed by atoms with Crippen molar-refractivity contribution < 1.29 is 9.53 Å². The van der Waals surface area contributed by atoms with E-state index in [1.165, 1.54) is 0 Å². The van der Waals surface area contributed by atoms with E-state index in [9.17, 15) is 4.79 Å². The molecule has 1 aliphatic rings. The molecule has 0 aromatic carbocycles. The zero-order chi connectivity index (χ0) is 13.2. The predicted molar refractivity (Wildman–Crippen MR) is 69.2 cm³/mol. The Bertz CT molecular complexity index is 412. The third-order valence-electron chi connectivity index (χ3n) is 3.06. The Kier molecular flexibility index (Phi) is 3.66. The highest BCUT2D eigenvalue weighted by molar-refractivity contribution is 5.75. The lowest BCUT2D eigenvalue weighted by atomic mass is 9.89. The van der Waals surface area contributed by atoms with Crippen molar-refractivity contribution in [3.05, 3.63) is 30.1 Å². The first-order valence-corrected chi connectivity index (χ1v) is 6.31. The van der Waals surface area contributed by atoms with Gasteiger partial charge in [-0.15, -0.1) is 0 Å². The number of nitrogens with one attached hydrogen (secondary N) is 1. The first-order chi connectivity index (χ1) is 8.47. The Morgan fingerprint density at radius 2 is 2.00 bits per heavy atom.